The fraction of sp³-hybridized carbons (Fsp3) is 0.667. The van der Waals surface area contributed by atoms with Crippen LogP contribution in [0.5, 0.6) is 0 Å². The third kappa shape index (κ3) is 3.89. The molecule has 6 heteroatoms. The molecule has 0 spiro atoms. The van der Waals surface area contributed by atoms with Crippen LogP contribution in [0.25, 0.3) is 0 Å². The van der Waals surface area contributed by atoms with Gasteiger partial charge in [-0.2, -0.15) is 0 Å². The Kier molecular flexibility index (Phi) is 4.98. The molecule has 0 atom stereocenters. The van der Waals surface area contributed by atoms with Crippen molar-refractivity contribution in [1.82, 2.24) is 10.4 Å². The van der Waals surface area contributed by atoms with Crippen LogP contribution in [0.2, 0.25) is 0 Å². The Morgan fingerprint density at radius 3 is 2.42 bits per heavy atom. The third-order valence-corrected chi connectivity index (χ3v) is 1.39. The van der Waals surface area contributed by atoms with Crippen LogP contribution >= 0.6 is 0 Å². The van der Waals surface area contributed by atoms with Crippen molar-refractivity contribution in [3.8, 4) is 0 Å². The van der Waals surface area contributed by atoms with Crippen molar-refractivity contribution in [1.29, 1.82) is 0 Å². The van der Waals surface area contributed by atoms with Crippen molar-refractivity contribution >= 4 is 11.8 Å². The average Bonchev–Trinajstić information content (AvgIpc) is 2.11. The second-order valence-corrected chi connectivity index (χ2v) is 2.25. The van der Waals surface area contributed by atoms with Gasteiger partial charge in [-0.1, -0.05) is 0 Å². The van der Waals surface area contributed by atoms with Crippen molar-refractivity contribution in [3.63, 3.8) is 0 Å². The highest BCUT2D eigenvalue weighted by atomic mass is 16.2. The maximum Gasteiger partial charge on any atom is 0.236 e. The fourth-order valence-corrected chi connectivity index (χ4v) is 0.613. The van der Waals surface area contributed by atoms with E-state index in [0.717, 1.165) is 5.01 Å². The lowest BCUT2D eigenvalue weighted by Gasteiger charge is -2.12. The summed E-state index contributed by atoms with van der Waals surface area (Å²) >= 11 is 0. The summed E-state index contributed by atoms with van der Waals surface area (Å²) < 4.78 is 0. The van der Waals surface area contributed by atoms with Gasteiger partial charge in [0.1, 0.15) is 0 Å². The molecular formula is C6H14N4O2. The zero-order valence-corrected chi connectivity index (χ0v) is 7.04. The SMILES string of the molecule is CCN(N)C(=O)CCC(=O)NN. The summed E-state index contributed by atoms with van der Waals surface area (Å²) in [6.07, 6.45) is 0.163. The van der Waals surface area contributed by atoms with E-state index in [4.69, 9.17) is 11.7 Å². The number of carbonyl (C=O) groups is 2. The number of nitrogens with one attached hydrogen (secondary N) is 1. The van der Waals surface area contributed by atoms with Gasteiger partial charge in [0, 0.05) is 19.4 Å². The minimum Gasteiger partial charge on any atom is -0.294 e. The molecule has 0 saturated heterocycles. The minimum atomic E-state index is -0.368. The molecule has 0 bridgehead atoms. The molecule has 2 amide bonds. The van der Waals surface area contributed by atoms with Gasteiger partial charge < -0.3 is 0 Å². The molecule has 5 N–H and O–H groups in total. The molecule has 0 heterocycles. The number of carbonyl (C=O) groups excluding carboxylic acids is 2. The van der Waals surface area contributed by atoms with Gasteiger partial charge in [-0.3, -0.25) is 20.0 Å². The first-order chi connectivity index (χ1) is 5.61. The number of hydrogen-bond acceptors (Lipinski definition) is 4. The van der Waals surface area contributed by atoms with E-state index in [1.54, 1.807) is 6.92 Å². The lowest BCUT2D eigenvalue weighted by atomic mass is 10.3. The number of amides is 2. The second-order valence-electron chi connectivity index (χ2n) is 2.25. The molecule has 0 saturated carbocycles. The molecule has 0 aliphatic heterocycles. The van der Waals surface area contributed by atoms with Gasteiger partial charge in [-0.25, -0.2) is 11.7 Å². The average molecular weight is 174 g/mol. The lowest BCUT2D eigenvalue weighted by Crippen LogP contribution is -2.38. The molecule has 0 aliphatic rings. The molecule has 0 rings (SSSR count). The Labute approximate surface area is 70.8 Å². The summed E-state index contributed by atoms with van der Waals surface area (Å²) in [7, 11) is 0. The summed E-state index contributed by atoms with van der Waals surface area (Å²) in [5.41, 5.74) is 1.93. The summed E-state index contributed by atoms with van der Waals surface area (Å²) in [5, 5.41) is 1.06. The summed E-state index contributed by atoms with van der Waals surface area (Å²) in [6, 6.07) is 0. The Bertz CT molecular complexity index is 171. The van der Waals surface area contributed by atoms with Crippen LogP contribution in [-0.2, 0) is 9.59 Å². The van der Waals surface area contributed by atoms with E-state index in [2.05, 4.69) is 0 Å². The van der Waals surface area contributed by atoms with Gasteiger partial charge in [0.25, 0.3) is 0 Å². The monoisotopic (exact) mass is 174 g/mol. The van der Waals surface area contributed by atoms with E-state index in [0.29, 0.717) is 6.54 Å². The van der Waals surface area contributed by atoms with Gasteiger partial charge in [-0.05, 0) is 6.92 Å². The van der Waals surface area contributed by atoms with Crippen LogP contribution in [0.1, 0.15) is 19.8 Å². The van der Waals surface area contributed by atoms with Crippen molar-refractivity contribution < 1.29 is 9.59 Å². The quantitative estimate of drug-likeness (QED) is 0.273. The molecule has 0 radical (unpaired) electrons. The predicted molar refractivity (Wildman–Crippen MR) is 43.1 cm³/mol. The first-order valence-electron chi connectivity index (χ1n) is 3.66. The fourth-order valence-electron chi connectivity index (χ4n) is 0.613. The first-order valence-corrected chi connectivity index (χ1v) is 3.66. The summed E-state index contributed by atoms with van der Waals surface area (Å²) in [5.74, 6) is 9.45. The van der Waals surface area contributed by atoms with Crippen LogP contribution in [0.3, 0.4) is 0 Å². The van der Waals surface area contributed by atoms with Crippen molar-refractivity contribution in [2.45, 2.75) is 19.8 Å². The van der Waals surface area contributed by atoms with E-state index < -0.39 is 0 Å². The smallest absolute Gasteiger partial charge is 0.236 e. The van der Waals surface area contributed by atoms with Crippen LogP contribution in [-0.4, -0.2) is 23.4 Å². The number of hydrazine groups is 2. The highest BCUT2D eigenvalue weighted by Gasteiger charge is 2.08. The topological polar surface area (TPSA) is 101 Å². The van der Waals surface area contributed by atoms with Crippen LogP contribution in [0.4, 0.5) is 0 Å². The van der Waals surface area contributed by atoms with E-state index >= 15 is 0 Å². The maximum atomic E-state index is 11.0. The van der Waals surface area contributed by atoms with Gasteiger partial charge in [-0.15, -0.1) is 0 Å². The Morgan fingerprint density at radius 1 is 1.42 bits per heavy atom. The summed E-state index contributed by atoms with van der Waals surface area (Å²) in [6.45, 7) is 2.18. The van der Waals surface area contributed by atoms with Gasteiger partial charge in [0.15, 0.2) is 0 Å². The van der Waals surface area contributed by atoms with Crippen molar-refractivity contribution in [2.75, 3.05) is 6.54 Å². The largest absolute Gasteiger partial charge is 0.294 e. The molecule has 0 aromatic heterocycles. The number of hydrogen-bond donors (Lipinski definition) is 3. The second kappa shape index (κ2) is 5.50. The number of nitrogens with zero attached hydrogens (tertiary/aromatic N) is 1. The Hall–Kier alpha value is -1.14. The lowest BCUT2D eigenvalue weighted by molar-refractivity contribution is -0.133. The zero-order valence-electron chi connectivity index (χ0n) is 7.04. The van der Waals surface area contributed by atoms with E-state index in [1.165, 1.54) is 0 Å². The van der Waals surface area contributed by atoms with Crippen LogP contribution in [0.15, 0.2) is 0 Å². The van der Waals surface area contributed by atoms with Crippen molar-refractivity contribution in [2.24, 2.45) is 11.7 Å². The van der Waals surface area contributed by atoms with E-state index in [1.807, 2.05) is 5.43 Å². The molecule has 0 aromatic rings. The van der Waals surface area contributed by atoms with E-state index in [-0.39, 0.29) is 24.7 Å². The highest BCUT2D eigenvalue weighted by molar-refractivity contribution is 5.83. The molecule has 0 fully saturated rings. The van der Waals surface area contributed by atoms with Gasteiger partial charge in [0.2, 0.25) is 11.8 Å². The highest BCUT2D eigenvalue weighted by Crippen LogP contribution is 1.92. The van der Waals surface area contributed by atoms with Crippen LogP contribution < -0.4 is 17.1 Å². The molecule has 6 nitrogen and oxygen atoms in total. The molecule has 0 aromatic carbocycles. The van der Waals surface area contributed by atoms with Gasteiger partial charge >= 0.3 is 0 Å². The Balaban J connectivity index is 3.64. The minimum absolute atomic E-state index is 0.0725. The first kappa shape index (κ1) is 10.9. The maximum absolute atomic E-state index is 11.0. The number of rotatable bonds is 4. The predicted octanol–water partition coefficient (Wildman–Crippen LogP) is -1.52. The normalized spacial score (nSPS) is 9.25. The molecule has 0 unspecified atom stereocenters. The molecule has 70 valence electrons. The molecular weight excluding hydrogens is 160 g/mol. The summed E-state index contributed by atoms with van der Waals surface area (Å²) in [4.78, 5) is 21.6. The third-order valence-electron chi connectivity index (χ3n) is 1.39. The number of nitrogens with two attached hydrogens (primary N) is 2. The van der Waals surface area contributed by atoms with Crippen molar-refractivity contribution in [3.05, 3.63) is 0 Å². The Morgan fingerprint density at radius 2 is 2.00 bits per heavy atom. The van der Waals surface area contributed by atoms with Crippen LogP contribution in [0, 0.1) is 0 Å². The molecule has 12 heavy (non-hydrogen) atoms. The van der Waals surface area contributed by atoms with Gasteiger partial charge in [0.05, 0.1) is 0 Å². The van der Waals surface area contributed by atoms with E-state index in [9.17, 15) is 9.59 Å². The zero-order chi connectivity index (χ0) is 9.56. The standard InChI is InChI=1S/C6H14N4O2/c1-2-10(8)6(12)4-3-5(11)9-7/h2-4,7-8H2,1H3,(H,9,11). The molecule has 0 aliphatic carbocycles.